The number of carbonyl (C=O) groups is 1. The summed E-state index contributed by atoms with van der Waals surface area (Å²) < 4.78 is 23.5. The van der Waals surface area contributed by atoms with Gasteiger partial charge in [0.25, 0.3) is 7.82 Å². The number of nitrogens with one attached hydrogen (secondary N) is 1. The van der Waals surface area contributed by atoms with Gasteiger partial charge in [0.15, 0.2) is 0 Å². The molecular weight excluding hydrogens is 936 g/mol. The summed E-state index contributed by atoms with van der Waals surface area (Å²) in [6.45, 7) is 4.75. The summed E-state index contributed by atoms with van der Waals surface area (Å²) in [5.74, 6) is -0.159. The zero-order chi connectivity index (χ0) is 54.2. The summed E-state index contributed by atoms with van der Waals surface area (Å²) in [5.41, 5.74) is 0. The van der Waals surface area contributed by atoms with E-state index >= 15 is 0 Å². The van der Waals surface area contributed by atoms with Crippen molar-refractivity contribution in [2.24, 2.45) is 0 Å². The second kappa shape index (κ2) is 56.4. The number of quaternary nitrogens is 1. The first-order valence-electron chi connectivity index (χ1n) is 32.3. The fourth-order valence-electron chi connectivity index (χ4n) is 9.82. The average Bonchev–Trinajstić information content (AvgIpc) is 3.36. The minimum atomic E-state index is -4.57. The van der Waals surface area contributed by atoms with Crippen molar-refractivity contribution in [1.82, 2.24) is 5.32 Å². The van der Waals surface area contributed by atoms with E-state index in [2.05, 4.69) is 55.6 Å². The number of nitrogens with zero attached hydrogens (tertiary/aromatic N) is 1. The lowest BCUT2D eigenvalue weighted by Crippen LogP contribution is -2.46. The standard InChI is InChI=1S/C65H127N2O6P/c1-6-8-10-12-14-16-18-20-22-24-25-26-27-28-29-30-31-32-33-34-35-36-37-38-39-40-41-43-45-47-49-51-53-55-57-59-65(69)66-63(62-73-74(70,71)72-61-60-67(3,4)5)64(68)58-56-54-52-50-48-46-44-42-23-21-19-17-15-13-11-9-7-2/h18,20,24-25,27-28,63-64,68H,6-17,19,21-23,26,29-62H2,1-5H3,(H-,66,69,70,71)/b20-18-,25-24-,28-27-. The number of likely N-dealkylation sites (N-methyl/N-ethyl adjacent to an activating group) is 1. The number of aliphatic hydroxyl groups is 1. The van der Waals surface area contributed by atoms with Crippen molar-refractivity contribution in [2.45, 2.75) is 334 Å². The summed E-state index contributed by atoms with van der Waals surface area (Å²) in [6.07, 6.45) is 73.4. The van der Waals surface area contributed by atoms with E-state index in [1.165, 1.54) is 244 Å². The van der Waals surface area contributed by atoms with Crippen LogP contribution in [0.3, 0.4) is 0 Å². The van der Waals surface area contributed by atoms with E-state index in [-0.39, 0.29) is 19.1 Å². The molecule has 0 aliphatic heterocycles. The molecule has 0 radical (unpaired) electrons. The van der Waals surface area contributed by atoms with Gasteiger partial charge < -0.3 is 28.8 Å². The number of hydrogen-bond acceptors (Lipinski definition) is 6. The highest BCUT2D eigenvalue weighted by Gasteiger charge is 2.24. The molecule has 0 aromatic heterocycles. The number of carbonyl (C=O) groups excluding carboxylic acids is 1. The van der Waals surface area contributed by atoms with Gasteiger partial charge in [-0.25, -0.2) is 0 Å². The van der Waals surface area contributed by atoms with Crippen molar-refractivity contribution in [3.63, 3.8) is 0 Å². The van der Waals surface area contributed by atoms with E-state index in [1.54, 1.807) is 0 Å². The fourth-order valence-corrected chi connectivity index (χ4v) is 10.5. The average molecular weight is 1060 g/mol. The molecule has 0 aromatic carbocycles. The first-order valence-corrected chi connectivity index (χ1v) is 33.8. The van der Waals surface area contributed by atoms with Crippen molar-refractivity contribution < 1.29 is 32.9 Å². The zero-order valence-corrected chi connectivity index (χ0v) is 51.0. The molecule has 3 atom stereocenters. The van der Waals surface area contributed by atoms with Crippen LogP contribution in [0, 0.1) is 0 Å². The third kappa shape index (κ3) is 58.4. The lowest BCUT2D eigenvalue weighted by atomic mass is 10.0. The fraction of sp³-hybridized carbons (Fsp3) is 0.892. The minimum Gasteiger partial charge on any atom is -0.756 e. The molecule has 438 valence electrons. The molecular formula is C65H127N2O6P. The Labute approximate surface area is 461 Å². The van der Waals surface area contributed by atoms with Crippen molar-refractivity contribution in [1.29, 1.82) is 0 Å². The van der Waals surface area contributed by atoms with Crippen molar-refractivity contribution in [3.8, 4) is 0 Å². The lowest BCUT2D eigenvalue weighted by Gasteiger charge is -2.30. The molecule has 74 heavy (non-hydrogen) atoms. The molecule has 0 saturated carbocycles. The first kappa shape index (κ1) is 72.7. The predicted molar refractivity (Wildman–Crippen MR) is 321 cm³/mol. The highest BCUT2D eigenvalue weighted by atomic mass is 31.2. The number of phosphoric acid groups is 1. The summed E-state index contributed by atoms with van der Waals surface area (Å²) in [4.78, 5) is 25.6. The maximum atomic E-state index is 13.0. The SMILES string of the molecule is CCCCCCC/C=C\C/C=C\C/C=C\CCCCCCCCCCCCCCCCCCCCCCC(=O)NC(COP(=O)([O-])OCC[N+](C)(C)C)C(O)CCCCCCCCCCCCCCCCCCC. The van der Waals surface area contributed by atoms with Crippen LogP contribution >= 0.6 is 7.82 Å². The largest absolute Gasteiger partial charge is 0.756 e. The first-order chi connectivity index (χ1) is 36.0. The molecule has 0 spiro atoms. The number of hydrogen-bond donors (Lipinski definition) is 2. The van der Waals surface area contributed by atoms with Gasteiger partial charge in [-0.1, -0.05) is 301 Å². The summed E-state index contributed by atoms with van der Waals surface area (Å²) in [5, 5.41) is 14.0. The van der Waals surface area contributed by atoms with Gasteiger partial charge in [0.2, 0.25) is 5.91 Å². The monoisotopic (exact) mass is 1060 g/mol. The quantitative estimate of drug-likeness (QED) is 0.0272. The van der Waals surface area contributed by atoms with Gasteiger partial charge in [-0.3, -0.25) is 9.36 Å². The van der Waals surface area contributed by atoms with E-state index < -0.39 is 20.0 Å². The van der Waals surface area contributed by atoms with Crippen LogP contribution in [-0.4, -0.2) is 68.5 Å². The normalized spacial score (nSPS) is 14.0. The molecule has 0 aromatic rings. The maximum absolute atomic E-state index is 13.0. The molecule has 0 heterocycles. The molecule has 8 nitrogen and oxygen atoms in total. The van der Waals surface area contributed by atoms with Crippen LogP contribution < -0.4 is 10.2 Å². The number of unbranched alkanes of at least 4 members (excludes halogenated alkanes) is 41. The Kier molecular flexibility index (Phi) is 55.5. The molecule has 0 bridgehead atoms. The summed E-state index contributed by atoms with van der Waals surface area (Å²) >= 11 is 0. The van der Waals surface area contributed by atoms with Crippen LogP contribution in [0.2, 0.25) is 0 Å². The van der Waals surface area contributed by atoms with Crippen LogP contribution in [0.25, 0.3) is 0 Å². The number of phosphoric ester groups is 1. The molecule has 0 saturated heterocycles. The number of rotatable bonds is 60. The van der Waals surface area contributed by atoms with Crippen LogP contribution in [-0.2, 0) is 18.4 Å². The van der Waals surface area contributed by atoms with E-state index in [9.17, 15) is 19.4 Å². The summed E-state index contributed by atoms with van der Waals surface area (Å²) in [6, 6.07) is -0.799. The van der Waals surface area contributed by atoms with E-state index in [0.29, 0.717) is 23.9 Å². The Bertz CT molecular complexity index is 1300. The smallest absolute Gasteiger partial charge is 0.268 e. The summed E-state index contributed by atoms with van der Waals surface area (Å²) in [7, 11) is 1.32. The topological polar surface area (TPSA) is 108 Å². The van der Waals surface area contributed by atoms with Gasteiger partial charge in [0.1, 0.15) is 13.2 Å². The van der Waals surface area contributed by atoms with Crippen LogP contribution in [0.1, 0.15) is 322 Å². The van der Waals surface area contributed by atoms with Crippen molar-refractivity contribution in [2.75, 3.05) is 40.9 Å². The number of aliphatic hydroxyl groups excluding tert-OH is 1. The second-order valence-corrected chi connectivity index (χ2v) is 24.9. The van der Waals surface area contributed by atoms with Gasteiger partial charge in [-0.15, -0.1) is 0 Å². The maximum Gasteiger partial charge on any atom is 0.268 e. The van der Waals surface area contributed by atoms with Gasteiger partial charge in [0, 0.05) is 6.42 Å². The zero-order valence-electron chi connectivity index (χ0n) is 50.1. The third-order valence-electron chi connectivity index (χ3n) is 14.9. The highest BCUT2D eigenvalue weighted by molar-refractivity contribution is 7.45. The molecule has 0 fully saturated rings. The van der Waals surface area contributed by atoms with E-state index in [0.717, 1.165) is 51.4 Å². The van der Waals surface area contributed by atoms with E-state index in [4.69, 9.17) is 9.05 Å². The number of amides is 1. The molecule has 2 N–H and O–H groups in total. The Morgan fingerprint density at radius 2 is 0.784 bits per heavy atom. The van der Waals surface area contributed by atoms with Crippen LogP contribution in [0.4, 0.5) is 0 Å². The molecule has 3 unspecified atom stereocenters. The van der Waals surface area contributed by atoms with Gasteiger partial charge in [0.05, 0.1) is 39.9 Å². The molecule has 9 heteroatoms. The van der Waals surface area contributed by atoms with Crippen molar-refractivity contribution in [3.05, 3.63) is 36.5 Å². The van der Waals surface area contributed by atoms with Crippen molar-refractivity contribution >= 4 is 13.7 Å². The second-order valence-electron chi connectivity index (χ2n) is 23.5. The van der Waals surface area contributed by atoms with Gasteiger partial charge in [-0.05, 0) is 51.4 Å². The van der Waals surface area contributed by atoms with Gasteiger partial charge in [-0.2, -0.15) is 0 Å². The predicted octanol–water partition coefficient (Wildman–Crippen LogP) is 19.5. The third-order valence-corrected chi connectivity index (χ3v) is 15.8. The Hall–Kier alpha value is -1.28. The highest BCUT2D eigenvalue weighted by Crippen LogP contribution is 2.38. The number of allylic oxidation sites excluding steroid dienone is 6. The Morgan fingerprint density at radius 3 is 1.14 bits per heavy atom. The Balaban J connectivity index is 3.97. The molecule has 0 aliphatic rings. The lowest BCUT2D eigenvalue weighted by molar-refractivity contribution is -0.870. The Morgan fingerprint density at radius 1 is 0.473 bits per heavy atom. The molecule has 0 rings (SSSR count). The minimum absolute atomic E-state index is 0.0142. The van der Waals surface area contributed by atoms with Crippen LogP contribution in [0.5, 0.6) is 0 Å². The van der Waals surface area contributed by atoms with E-state index in [1.807, 2.05) is 21.1 Å². The molecule has 1 amide bonds. The van der Waals surface area contributed by atoms with Gasteiger partial charge >= 0.3 is 0 Å². The van der Waals surface area contributed by atoms with Crippen LogP contribution in [0.15, 0.2) is 36.5 Å². The molecule has 0 aliphatic carbocycles.